The topological polar surface area (TPSA) is 61.8 Å². The second-order valence-corrected chi connectivity index (χ2v) is 9.10. The van der Waals surface area contributed by atoms with E-state index >= 15 is 0 Å². The van der Waals surface area contributed by atoms with Crippen molar-refractivity contribution in [2.24, 2.45) is 10.9 Å². The third kappa shape index (κ3) is 7.46. The van der Waals surface area contributed by atoms with Crippen LogP contribution in [0.1, 0.15) is 31.7 Å². The molecular weight excluding hydrogens is 334 g/mol. The molecule has 1 aromatic carbocycles. The largest absolute Gasteiger partial charge is 0.357 e. The summed E-state index contributed by atoms with van der Waals surface area (Å²) in [7, 11) is -2.90. The second kappa shape index (κ2) is 9.80. The van der Waals surface area contributed by atoms with Gasteiger partial charge in [-0.2, -0.15) is 0 Å². The average Bonchev–Trinajstić information content (AvgIpc) is 2.58. The Morgan fingerprint density at radius 2 is 1.92 bits per heavy atom. The van der Waals surface area contributed by atoms with Crippen molar-refractivity contribution in [1.29, 1.82) is 0 Å². The van der Waals surface area contributed by atoms with Gasteiger partial charge in [-0.1, -0.05) is 30.3 Å². The Labute approximate surface area is 152 Å². The number of hydrogen-bond acceptors (Lipinski definition) is 3. The van der Waals surface area contributed by atoms with Crippen molar-refractivity contribution < 1.29 is 8.42 Å². The lowest BCUT2D eigenvalue weighted by atomic mass is 9.90. The van der Waals surface area contributed by atoms with Crippen molar-refractivity contribution in [2.45, 2.75) is 32.6 Å². The predicted molar refractivity (Wildman–Crippen MR) is 105 cm³/mol. The number of aliphatic imine (C=N–C) groups is 1. The van der Waals surface area contributed by atoms with Crippen molar-refractivity contribution in [2.75, 3.05) is 38.2 Å². The molecule has 0 atom stereocenters. The van der Waals surface area contributed by atoms with Crippen LogP contribution in [0.4, 0.5) is 0 Å². The highest BCUT2D eigenvalue weighted by molar-refractivity contribution is 7.90. The quantitative estimate of drug-likeness (QED) is 0.458. The Balaban J connectivity index is 1.82. The van der Waals surface area contributed by atoms with E-state index in [0.717, 1.165) is 37.9 Å². The maximum atomic E-state index is 11.2. The van der Waals surface area contributed by atoms with Crippen LogP contribution < -0.4 is 5.32 Å². The van der Waals surface area contributed by atoms with E-state index < -0.39 is 9.84 Å². The first-order chi connectivity index (χ1) is 12.0. The summed E-state index contributed by atoms with van der Waals surface area (Å²) in [6.45, 7) is 5.47. The number of benzene rings is 1. The van der Waals surface area contributed by atoms with Crippen molar-refractivity contribution in [3.63, 3.8) is 0 Å². The molecule has 1 heterocycles. The van der Waals surface area contributed by atoms with Gasteiger partial charge in [0.1, 0.15) is 9.84 Å². The fraction of sp³-hybridized carbons (Fsp3) is 0.632. The highest BCUT2D eigenvalue weighted by atomic mass is 32.2. The average molecular weight is 366 g/mol. The summed E-state index contributed by atoms with van der Waals surface area (Å²) in [5.74, 6) is 1.86. The number of hydrogen-bond donors (Lipinski definition) is 1. The van der Waals surface area contributed by atoms with E-state index in [4.69, 9.17) is 0 Å². The van der Waals surface area contributed by atoms with Gasteiger partial charge in [0.05, 0.1) is 5.75 Å². The highest BCUT2D eigenvalue weighted by Gasteiger charge is 2.21. The van der Waals surface area contributed by atoms with Crippen LogP contribution in [-0.4, -0.2) is 57.5 Å². The minimum absolute atomic E-state index is 0.203. The van der Waals surface area contributed by atoms with E-state index in [-0.39, 0.29) is 5.75 Å². The van der Waals surface area contributed by atoms with Crippen LogP contribution in [-0.2, 0) is 16.3 Å². The Hall–Kier alpha value is -1.56. The fourth-order valence-electron chi connectivity index (χ4n) is 3.23. The third-order valence-corrected chi connectivity index (χ3v) is 5.58. The molecule has 140 valence electrons. The number of likely N-dealkylation sites (tertiary alicyclic amines) is 1. The van der Waals surface area contributed by atoms with Gasteiger partial charge in [-0.15, -0.1) is 0 Å². The first-order valence-electron chi connectivity index (χ1n) is 9.23. The second-order valence-electron chi connectivity index (χ2n) is 6.84. The molecule has 5 nitrogen and oxygen atoms in total. The third-order valence-electron chi connectivity index (χ3n) is 4.55. The summed E-state index contributed by atoms with van der Waals surface area (Å²) in [5.41, 5.74) is 1.42. The molecule has 25 heavy (non-hydrogen) atoms. The summed E-state index contributed by atoms with van der Waals surface area (Å²) < 4.78 is 22.4. The standard InChI is InChI=1S/C19H31N3O2S/c1-3-20-19(21-12-7-15-25(2,23)24)22-13-10-18(11-14-22)16-17-8-5-4-6-9-17/h4-6,8-9,18H,3,7,10-16H2,1-2H3,(H,20,21). The van der Waals surface area contributed by atoms with Crippen molar-refractivity contribution >= 4 is 15.8 Å². The van der Waals surface area contributed by atoms with Gasteiger partial charge < -0.3 is 10.2 Å². The SMILES string of the molecule is CCNC(=NCCCS(C)(=O)=O)N1CCC(Cc2ccccc2)CC1. The van der Waals surface area contributed by atoms with Crippen LogP contribution in [0.2, 0.25) is 0 Å². The number of rotatable bonds is 7. The first kappa shape index (κ1) is 19.8. The van der Waals surface area contributed by atoms with Crippen molar-refractivity contribution in [3.05, 3.63) is 35.9 Å². The van der Waals surface area contributed by atoms with E-state index in [0.29, 0.717) is 13.0 Å². The Morgan fingerprint density at radius 3 is 2.52 bits per heavy atom. The Kier molecular flexibility index (Phi) is 7.75. The lowest BCUT2D eigenvalue weighted by molar-refractivity contribution is 0.259. The molecular formula is C19H31N3O2S. The molecule has 0 bridgehead atoms. The van der Waals surface area contributed by atoms with Gasteiger partial charge in [0.2, 0.25) is 0 Å². The molecule has 1 aromatic rings. The summed E-state index contributed by atoms with van der Waals surface area (Å²) in [4.78, 5) is 6.93. The molecule has 0 aliphatic carbocycles. The lowest BCUT2D eigenvalue weighted by Crippen LogP contribution is -2.46. The number of nitrogens with zero attached hydrogens (tertiary/aromatic N) is 2. The zero-order valence-electron chi connectivity index (χ0n) is 15.4. The number of sulfone groups is 1. The van der Waals surface area contributed by atoms with Gasteiger partial charge in [0, 0.05) is 32.4 Å². The van der Waals surface area contributed by atoms with Gasteiger partial charge in [0.15, 0.2) is 5.96 Å². The maximum absolute atomic E-state index is 11.2. The van der Waals surface area contributed by atoms with Crippen LogP contribution in [0.3, 0.4) is 0 Å². The summed E-state index contributed by atoms with van der Waals surface area (Å²) in [5, 5.41) is 3.34. The van der Waals surface area contributed by atoms with Crippen LogP contribution >= 0.6 is 0 Å². The number of piperidine rings is 1. The van der Waals surface area contributed by atoms with Crippen LogP contribution in [0.25, 0.3) is 0 Å². The Morgan fingerprint density at radius 1 is 1.24 bits per heavy atom. The molecule has 0 spiro atoms. The Bertz CT molecular complexity index is 636. The van der Waals surface area contributed by atoms with Gasteiger partial charge in [-0.05, 0) is 44.1 Å². The van der Waals surface area contributed by atoms with Gasteiger partial charge in [0.25, 0.3) is 0 Å². The van der Waals surface area contributed by atoms with E-state index in [9.17, 15) is 8.42 Å². The number of nitrogens with one attached hydrogen (secondary N) is 1. The van der Waals surface area contributed by atoms with Gasteiger partial charge in [-0.3, -0.25) is 4.99 Å². The summed E-state index contributed by atoms with van der Waals surface area (Å²) >= 11 is 0. The van der Waals surface area contributed by atoms with E-state index in [1.807, 2.05) is 0 Å². The summed E-state index contributed by atoms with van der Waals surface area (Å²) in [6.07, 6.45) is 5.35. The minimum Gasteiger partial charge on any atom is -0.357 e. The zero-order chi connectivity index (χ0) is 18.1. The predicted octanol–water partition coefficient (Wildman–Crippen LogP) is 2.34. The lowest BCUT2D eigenvalue weighted by Gasteiger charge is -2.34. The van der Waals surface area contributed by atoms with Crippen LogP contribution in [0.15, 0.2) is 35.3 Å². The van der Waals surface area contributed by atoms with E-state index in [2.05, 4.69) is 52.5 Å². The van der Waals surface area contributed by atoms with Gasteiger partial charge in [-0.25, -0.2) is 8.42 Å². The number of guanidine groups is 1. The smallest absolute Gasteiger partial charge is 0.193 e. The molecule has 0 unspecified atom stereocenters. The molecule has 0 saturated carbocycles. The molecule has 1 fully saturated rings. The highest BCUT2D eigenvalue weighted by Crippen LogP contribution is 2.21. The zero-order valence-corrected chi connectivity index (χ0v) is 16.3. The molecule has 1 aliphatic rings. The molecule has 1 N–H and O–H groups in total. The minimum atomic E-state index is -2.90. The van der Waals surface area contributed by atoms with Gasteiger partial charge >= 0.3 is 0 Å². The normalized spacial score (nSPS) is 16.9. The molecule has 1 aliphatic heterocycles. The molecule has 2 rings (SSSR count). The summed E-state index contributed by atoms with van der Waals surface area (Å²) in [6, 6.07) is 10.7. The first-order valence-corrected chi connectivity index (χ1v) is 11.3. The monoisotopic (exact) mass is 365 g/mol. The van der Waals surface area contributed by atoms with E-state index in [1.165, 1.54) is 24.7 Å². The van der Waals surface area contributed by atoms with Crippen molar-refractivity contribution in [3.8, 4) is 0 Å². The molecule has 6 heteroatoms. The molecule has 0 amide bonds. The fourth-order valence-corrected chi connectivity index (χ4v) is 3.89. The van der Waals surface area contributed by atoms with E-state index in [1.54, 1.807) is 0 Å². The van der Waals surface area contributed by atoms with Crippen LogP contribution in [0, 0.1) is 5.92 Å². The van der Waals surface area contributed by atoms with Crippen molar-refractivity contribution in [1.82, 2.24) is 10.2 Å². The van der Waals surface area contributed by atoms with Crippen LogP contribution in [0.5, 0.6) is 0 Å². The molecule has 0 aromatic heterocycles. The molecule has 0 radical (unpaired) electrons. The molecule has 1 saturated heterocycles. The maximum Gasteiger partial charge on any atom is 0.193 e.